The van der Waals surface area contributed by atoms with Crippen molar-refractivity contribution in [2.24, 2.45) is 0 Å². The third-order valence-electron chi connectivity index (χ3n) is 2.85. The van der Waals surface area contributed by atoms with Gasteiger partial charge in [-0.2, -0.15) is 0 Å². The first kappa shape index (κ1) is 10.0. The van der Waals surface area contributed by atoms with Gasteiger partial charge in [0.05, 0.1) is 7.11 Å². The third-order valence-corrected chi connectivity index (χ3v) is 2.85. The zero-order valence-corrected chi connectivity index (χ0v) is 8.82. The Bertz CT molecular complexity index is 362. The van der Waals surface area contributed by atoms with Crippen LogP contribution in [0.2, 0.25) is 0 Å². The van der Waals surface area contributed by atoms with Crippen LogP contribution >= 0.6 is 0 Å². The second kappa shape index (κ2) is 4.34. The average molecular weight is 205 g/mol. The third kappa shape index (κ3) is 2.29. The van der Waals surface area contributed by atoms with E-state index in [1.807, 2.05) is 6.07 Å². The number of hydrogen-bond acceptors (Lipinski definition) is 2. The molecule has 0 aliphatic heterocycles. The molecule has 1 N–H and O–H groups in total. The van der Waals surface area contributed by atoms with Crippen LogP contribution in [0, 0.1) is 0 Å². The highest BCUT2D eigenvalue weighted by Crippen LogP contribution is 2.20. The van der Waals surface area contributed by atoms with Gasteiger partial charge in [-0.05, 0) is 30.4 Å². The molecule has 1 aliphatic rings. The Morgan fingerprint density at radius 2 is 2.13 bits per heavy atom. The van der Waals surface area contributed by atoms with Crippen LogP contribution in [-0.2, 0) is 17.6 Å². The highest BCUT2D eigenvalue weighted by Gasteiger charge is 2.19. The number of nitrogens with one attached hydrogen (secondary N) is 1. The van der Waals surface area contributed by atoms with Crippen LogP contribution in [0.15, 0.2) is 24.3 Å². The molecular weight excluding hydrogens is 190 g/mol. The summed E-state index contributed by atoms with van der Waals surface area (Å²) in [6, 6.07) is 8.60. The summed E-state index contributed by atoms with van der Waals surface area (Å²) in [5, 5.41) is 2.85. The number of aryl methyl sites for hydroxylation is 1. The van der Waals surface area contributed by atoms with E-state index in [0.29, 0.717) is 0 Å². The predicted octanol–water partition coefficient (Wildman–Crippen LogP) is 1.90. The lowest BCUT2D eigenvalue weighted by molar-refractivity contribution is 0.165. The number of carbonyl (C=O) groups excluding carboxylic acids is 1. The van der Waals surface area contributed by atoms with E-state index >= 15 is 0 Å². The molecule has 0 radical (unpaired) electrons. The molecular formula is C12H15NO2. The molecule has 0 spiro atoms. The number of ether oxygens (including phenoxy) is 1. The van der Waals surface area contributed by atoms with Crippen LogP contribution < -0.4 is 5.32 Å². The number of hydrogen-bond donors (Lipinski definition) is 1. The molecule has 0 saturated carbocycles. The van der Waals surface area contributed by atoms with E-state index in [9.17, 15) is 4.79 Å². The van der Waals surface area contributed by atoms with Gasteiger partial charge >= 0.3 is 6.09 Å². The van der Waals surface area contributed by atoms with E-state index in [-0.39, 0.29) is 12.1 Å². The lowest BCUT2D eigenvalue weighted by Gasteiger charge is -2.24. The van der Waals surface area contributed by atoms with E-state index in [1.165, 1.54) is 18.2 Å². The fourth-order valence-electron chi connectivity index (χ4n) is 2.05. The first-order chi connectivity index (χ1) is 7.29. The van der Waals surface area contributed by atoms with Crippen molar-refractivity contribution in [1.29, 1.82) is 0 Å². The van der Waals surface area contributed by atoms with Crippen molar-refractivity contribution >= 4 is 6.09 Å². The van der Waals surface area contributed by atoms with Gasteiger partial charge < -0.3 is 10.1 Å². The number of rotatable bonds is 1. The van der Waals surface area contributed by atoms with Crippen molar-refractivity contribution in [1.82, 2.24) is 5.32 Å². The zero-order chi connectivity index (χ0) is 10.7. The Balaban J connectivity index is 2.02. The quantitative estimate of drug-likeness (QED) is 0.760. The molecule has 0 aromatic heterocycles. The molecule has 2 rings (SSSR count). The molecule has 1 atom stereocenters. The molecule has 3 heteroatoms. The summed E-state index contributed by atoms with van der Waals surface area (Å²) in [4.78, 5) is 11.1. The van der Waals surface area contributed by atoms with Crippen LogP contribution in [0.3, 0.4) is 0 Å². The van der Waals surface area contributed by atoms with Crippen molar-refractivity contribution in [3.8, 4) is 0 Å². The van der Waals surface area contributed by atoms with Crippen molar-refractivity contribution < 1.29 is 9.53 Å². The number of carbonyl (C=O) groups is 1. The molecule has 1 amide bonds. The summed E-state index contributed by atoms with van der Waals surface area (Å²) in [7, 11) is 1.39. The van der Waals surface area contributed by atoms with Gasteiger partial charge in [-0.25, -0.2) is 4.79 Å². The first-order valence-corrected chi connectivity index (χ1v) is 5.21. The Kier molecular flexibility index (Phi) is 2.90. The molecule has 1 aliphatic carbocycles. The maximum Gasteiger partial charge on any atom is 0.407 e. The van der Waals surface area contributed by atoms with Crippen molar-refractivity contribution in [2.75, 3.05) is 7.11 Å². The minimum absolute atomic E-state index is 0.215. The lowest BCUT2D eigenvalue weighted by atomic mass is 9.88. The lowest BCUT2D eigenvalue weighted by Crippen LogP contribution is -2.38. The smallest absolute Gasteiger partial charge is 0.407 e. The van der Waals surface area contributed by atoms with Crippen LogP contribution in [0.1, 0.15) is 17.5 Å². The van der Waals surface area contributed by atoms with E-state index < -0.39 is 0 Å². The van der Waals surface area contributed by atoms with Gasteiger partial charge in [-0.3, -0.25) is 0 Å². The summed E-state index contributed by atoms with van der Waals surface area (Å²) in [6.07, 6.45) is 2.60. The minimum Gasteiger partial charge on any atom is -0.453 e. The predicted molar refractivity (Wildman–Crippen MR) is 57.8 cm³/mol. The topological polar surface area (TPSA) is 38.3 Å². The molecule has 0 fully saturated rings. The molecule has 0 unspecified atom stereocenters. The van der Waals surface area contributed by atoms with Crippen molar-refractivity contribution in [3.05, 3.63) is 35.4 Å². The summed E-state index contributed by atoms with van der Waals surface area (Å²) in [6.45, 7) is 0. The minimum atomic E-state index is -0.334. The summed E-state index contributed by atoms with van der Waals surface area (Å²) < 4.78 is 4.59. The molecule has 3 nitrogen and oxygen atoms in total. The molecule has 0 bridgehead atoms. The molecule has 0 saturated heterocycles. The molecule has 80 valence electrons. The largest absolute Gasteiger partial charge is 0.453 e. The van der Waals surface area contributed by atoms with Gasteiger partial charge in [-0.1, -0.05) is 24.3 Å². The molecule has 0 heterocycles. The Morgan fingerprint density at radius 3 is 2.87 bits per heavy atom. The monoisotopic (exact) mass is 205 g/mol. The highest BCUT2D eigenvalue weighted by molar-refractivity contribution is 5.67. The van der Waals surface area contributed by atoms with Gasteiger partial charge in [0, 0.05) is 6.04 Å². The van der Waals surface area contributed by atoms with Gasteiger partial charge in [0.15, 0.2) is 0 Å². The molecule has 15 heavy (non-hydrogen) atoms. The average Bonchev–Trinajstić information content (AvgIpc) is 2.29. The van der Waals surface area contributed by atoms with E-state index in [4.69, 9.17) is 0 Å². The van der Waals surface area contributed by atoms with Gasteiger partial charge in [-0.15, -0.1) is 0 Å². The number of fused-ring (bicyclic) bond motifs is 1. The number of methoxy groups -OCH3 is 1. The standard InChI is InChI=1S/C12H15NO2/c1-15-12(14)13-11-7-6-9-4-2-3-5-10(9)8-11/h2-5,11H,6-8H2,1H3,(H,13,14)/t11-/m0/s1. The van der Waals surface area contributed by atoms with Gasteiger partial charge in [0.2, 0.25) is 0 Å². The van der Waals surface area contributed by atoms with Gasteiger partial charge in [0.1, 0.15) is 0 Å². The highest BCUT2D eigenvalue weighted by atomic mass is 16.5. The summed E-state index contributed by atoms with van der Waals surface area (Å²) in [5.41, 5.74) is 2.74. The van der Waals surface area contributed by atoms with Crippen molar-refractivity contribution in [2.45, 2.75) is 25.3 Å². The SMILES string of the molecule is COC(=O)N[C@H]1CCc2ccccc2C1. The summed E-state index contributed by atoms with van der Waals surface area (Å²) >= 11 is 0. The Labute approximate surface area is 89.4 Å². The normalized spacial score (nSPS) is 19.1. The van der Waals surface area contributed by atoms with E-state index in [2.05, 4.69) is 28.3 Å². The number of benzene rings is 1. The second-order valence-electron chi connectivity index (χ2n) is 3.84. The van der Waals surface area contributed by atoms with E-state index in [1.54, 1.807) is 0 Å². The summed E-state index contributed by atoms with van der Waals surface area (Å²) in [5.74, 6) is 0. The second-order valence-corrected chi connectivity index (χ2v) is 3.84. The van der Waals surface area contributed by atoms with Crippen LogP contribution in [-0.4, -0.2) is 19.2 Å². The molecule has 1 aromatic carbocycles. The zero-order valence-electron chi connectivity index (χ0n) is 8.82. The molecule has 1 aromatic rings. The maximum absolute atomic E-state index is 11.1. The van der Waals surface area contributed by atoms with Crippen LogP contribution in [0.4, 0.5) is 4.79 Å². The first-order valence-electron chi connectivity index (χ1n) is 5.21. The Hall–Kier alpha value is -1.51. The van der Waals surface area contributed by atoms with Crippen LogP contribution in [0.5, 0.6) is 0 Å². The van der Waals surface area contributed by atoms with Crippen molar-refractivity contribution in [3.63, 3.8) is 0 Å². The Morgan fingerprint density at radius 1 is 1.40 bits per heavy atom. The number of amides is 1. The van der Waals surface area contributed by atoms with E-state index in [0.717, 1.165) is 19.3 Å². The fraction of sp³-hybridized carbons (Fsp3) is 0.417. The van der Waals surface area contributed by atoms with Crippen LogP contribution in [0.25, 0.3) is 0 Å². The number of alkyl carbamates (subject to hydrolysis) is 1. The fourth-order valence-corrected chi connectivity index (χ4v) is 2.05. The van der Waals surface area contributed by atoms with Gasteiger partial charge in [0.25, 0.3) is 0 Å². The maximum atomic E-state index is 11.1.